The van der Waals surface area contributed by atoms with Crippen LogP contribution in [0.5, 0.6) is 0 Å². The maximum Gasteiger partial charge on any atom is 0.338 e. The summed E-state index contributed by atoms with van der Waals surface area (Å²) in [5, 5.41) is 0. The summed E-state index contributed by atoms with van der Waals surface area (Å²) >= 11 is 0. The third-order valence-electron chi connectivity index (χ3n) is 5.08. The Hall–Kier alpha value is -2.21. The summed E-state index contributed by atoms with van der Waals surface area (Å²) in [5.41, 5.74) is 0.937. The lowest BCUT2D eigenvalue weighted by molar-refractivity contribution is -0.923. The predicted molar refractivity (Wildman–Crippen MR) is 92.4 cm³/mol. The molecule has 0 bridgehead atoms. The zero-order valence-electron chi connectivity index (χ0n) is 14.8. The van der Waals surface area contributed by atoms with Gasteiger partial charge in [0.05, 0.1) is 37.4 Å². The maximum atomic E-state index is 12.8. The van der Waals surface area contributed by atoms with Crippen LogP contribution in [0.4, 0.5) is 5.69 Å². The lowest BCUT2D eigenvalue weighted by atomic mass is 9.98. The third kappa shape index (κ3) is 3.58. The fourth-order valence-corrected chi connectivity index (χ4v) is 3.83. The van der Waals surface area contributed by atoms with Crippen LogP contribution in [0.15, 0.2) is 24.3 Å². The van der Waals surface area contributed by atoms with E-state index in [0.29, 0.717) is 23.8 Å². The highest BCUT2D eigenvalue weighted by molar-refractivity contribution is 6.21. The molecule has 6 nitrogen and oxygen atoms in total. The van der Waals surface area contributed by atoms with Gasteiger partial charge in [-0.2, -0.15) is 0 Å². The molecule has 0 aromatic heterocycles. The number of piperidine rings is 1. The average molecular weight is 345 g/mol. The van der Waals surface area contributed by atoms with Gasteiger partial charge in [-0.3, -0.25) is 9.59 Å². The molecule has 2 aliphatic rings. The summed E-state index contributed by atoms with van der Waals surface area (Å²) in [6.45, 7) is 6.15. The quantitative estimate of drug-likeness (QED) is 0.648. The number of quaternary nitrogens is 1. The van der Waals surface area contributed by atoms with E-state index < -0.39 is 5.97 Å². The van der Waals surface area contributed by atoms with Crippen molar-refractivity contribution in [3.8, 4) is 0 Å². The van der Waals surface area contributed by atoms with Crippen LogP contribution in [-0.4, -0.2) is 43.5 Å². The molecule has 2 amide bonds. The Labute approximate surface area is 147 Å². The third-order valence-corrected chi connectivity index (χ3v) is 5.08. The predicted octanol–water partition coefficient (Wildman–Crippen LogP) is 0.810. The van der Waals surface area contributed by atoms with Gasteiger partial charge in [0.15, 0.2) is 6.04 Å². The van der Waals surface area contributed by atoms with E-state index in [1.807, 2.05) is 0 Å². The second-order valence-corrected chi connectivity index (χ2v) is 6.95. The van der Waals surface area contributed by atoms with Crippen LogP contribution < -0.4 is 9.80 Å². The topological polar surface area (TPSA) is 68.1 Å². The second kappa shape index (κ2) is 7.35. The van der Waals surface area contributed by atoms with Crippen molar-refractivity contribution in [2.45, 2.75) is 39.2 Å². The smallest absolute Gasteiger partial charge is 0.338 e. The monoisotopic (exact) mass is 345 g/mol. The number of rotatable bonds is 4. The SMILES string of the molecule is CCOC(=O)c1ccc(N2C(=O)C[C@H]([NH+]3CCC[C@H](C)C3)C2=O)cc1. The first-order valence-electron chi connectivity index (χ1n) is 8.99. The largest absolute Gasteiger partial charge is 0.462 e. The van der Waals surface area contributed by atoms with E-state index in [2.05, 4.69) is 6.92 Å². The van der Waals surface area contributed by atoms with Crippen LogP contribution in [0.25, 0.3) is 0 Å². The normalized spacial score (nSPS) is 26.8. The van der Waals surface area contributed by atoms with Gasteiger partial charge in [-0.25, -0.2) is 9.69 Å². The molecule has 3 atom stereocenters. The number of imide groups is 1. The first-order valence-corrected chi connectivity index (χ1v) is 8.99. The molecule has 0 saturated carbocycles. The molecule has 134 valence electrons. The molecule has 3 rings (SSSR count). The number of nitrogens with zero attached hydrogens (tertiary/aromatic N) is 1. The van der Waals surface area contributed by atoms with Gasteiger partial charge in [-0.15, -0.1) is 0 Å². The van der Waals surface area contributed by atoms with E-state index in [-0.39, 0.29) is 24.3 Å². The Bertz CT molecular complexity index is 671. The molecule has 2 saturated heterocycles. The van der Waals surface area contributed by atoms with Gasteiger partial charge in [0.2, 0.25) is 5.91 Å². The van der Waals surface area contributed by atoms with Crippen molar-refractivity contribution >= 4 is 23.5 Å². The molecule has 2 heterocycles. The molecular weight excluding hydrogens is 320 g/mol. The zero-order valence-corrected chi connectivity index (χ0v) is 14.8. The highest BCUT2D eigenvalue weighted by atomic mass is 16.5. The van der Waals surface area contributed by atoms with E-state index in [4.69, 9.17) is 4.74 Å². The lowest BCUT2D eigenvalue weighted by Gasteiger charge is -2.31. The van der Waals surface area contributed by atoms with Crippen LogP contribution in [0.1, 0.15) is 43.5 Å². The minimum atomic E-state index is -0.405. The molecule has 0 aliphatic carbocycles. The molecule has 2 fully saturated rings. The number of amides is 2. The minimum Gasteiger partial charge on any atom is -0.462 e. The van der Waals surface area contributed by atoms with Gasteiger partial charge in [-0.1, -0.05) is 6.92 Å². The Balaban J connectivity index is 1.75. The molecule has 0 spiro atoms. The summed E-state index contributed by atoms with van der Waals surface area (Å²) in [6, 6.07) is 6.19. The van der Waals surface area contributed by atoms with Crippen LogP contribution in [0.2, 0.25) is 0 Å². The van der Waals surface area contributed by atoms with Crippen LogP contribution in [-0.2, 0) is 14.3 Å². The van der Waals surface area contributed by atoms with E-state index in [9.17, 15) is 14.4 Å². The summed E-state index contributed by atoms with van der Waals surface area (Å²) < 4.78 is 4.95. The number of anilines is 1. The van der Waals surface area contributed by atoms with Crippen molar-refractivity contribution in [1.29, 1.82) is 0 Å². The van der Waals surface area contributed by atoms with Crippen molar-refractivity contribution in [2.75, 3.05) is 24.6 Å². The number of carbonyl (C=O) groups is 3. The first kappa shape index (κ1) is 17.6. The number of hydrogen-bond donors (Lipinski definition) is 1. The number of hydrogen-bond acceptors (Lipinski definition) is 4. The van der Waals surface area contributed by atoms with E-state index in [1.54, 1.807) is 31.2 Å². The fraction of sp³-hybridized carbons (Fsp3) is 0.526. The number of likely N-dealkylation sites (tertiary alicyclic amines) is 1. The van der Waals surface area contributed by atoms with Gasteiger partial charge in [0, 0.05) is 5.92 Å². The molecule has 1 aromatic carbocycles. The zero-order chi connectivity index (χ0) is 18.0. The Kier molecular flexibility index (Phi) is 5.18. The summed E-state index contributed by atoms with van der Waals surface area (Å²) in [5.74, 6) is -0.107. The van der Waals surface area contributed by atoms with Crippen LogP contribution >= 0.6 is 0 Å². The van der Waals surface area contributed by atoms with Crippen molar-refractivity contribution in [3.05, 3.63) is 29.8 Å². The van der Waals surface area contributed by atoms with Crippen LogP contribution in [0.3, 0.4) is 0 Å². The minimum absolute atomic E-state index is 0.127. The summed E-state index contributed by atoms with van der Waals surface area (Å²) in [7, 11) is 0. The van der Waals surface area contributed by atoms with E-state index in [0.717, 1.165) is 19.5 Å². The maximum absolute atomic E-state index is 12.8. The number of ether oxygens (including phenoxy) is 1. The number of nitrogens with one attached hydrogen (secondary N) is 1. The number of esters is 1. The molecule has 6 heteroatoms. The summed E-state index contributed by atoms with van der Waals surface area (Å²) in [4.78, 5) is 39.5. The highest BCUT2D eigenvalue weighted by Gasteiger charge is 2.46. The Morgan fingerprint density at radius 2 is 2.00 bits per heavy atom. The Morgan fingerprint density at radius 3 is 2.64 bits per heavy atom. The summed E-state index contributed by atoms with van der Waals surface area (Å²) in [6.07, 6.45) is 2.56. The fourth-order valence-electron chi connectivity index (χ4n) is 3.83. The molecule has 25 heavy (non-hydrogen) atoms. The number of carbonyl (C=O) groups excluding carboxylic acids is 3. The van der Waals surface area contributed by atoms with Gasteiger partial charge in [0.25, 0.3) is 5.91 Å². The molecular formula is C19H25N2O4+. The number of benzene rings is 1. The Morgan fingerprint density at radius 1 is 1.28 bits per heavy atom. The van der Waals surface area contributed by atoms with E-state index >= 15 is 0 Å². The highest BCUT2D eigenvalue weighted by Crippen LogP contribution is 2.23. The molecule has 1 unspecified atom stereocenters. The van der Waals surface area contributed by atoms with Gasteiger partial charge < -0.3 is 9.64 Å². The lowest BCUT2D eigenvalue weighted by Crippen LogP contribution is -3.18. The van der Waals surface area contributed by atoms with Gasteiger partial charge >= 0.3 is 5.97 Å². The van der Waals surface area contributed by atoms with Crippen molar-refractivity contribution in [2.24, 2.45) is 5.92 Å². The van der Waals surface area contributed by atoms with Gasteiger partial charge in [0.1, 0.15) is 0 Å². The van der Waals surface area contributed by atoms with Crippen LogP contribution in [0, 0.1) is 5.92 Å². The van der Waals surface area contributed by atoms with Crippen molar-refractivity contribution in [3.63, 3.8) is 0 Å². The van der Waals surface area contributed by atoms with E-state index in [1.165, 1.54) is 16.2 Å². The average Bonchev–Trinajstić information content (AvgIpc) is 2.90. The van der Waals surface area contributed by atoms with Gasteiger partial charge in [-0.05, 0) is 44.0 Å². The second-order valence-electron chi connectivity index (χ2n) is 6.95. The molecule has 2 aliphatic heterocycles. The standard InChI is InChI=1S/C19H24N2O4/c1-3-25-19(24)14-6-8-15(9-7-14)21-17(22)11-16(18(21)23)20-10-4-5-13(2)12-20/h6-9,13,16H,3-5,10-12H2,1-2H3/p+1/t13-,16-/m0/s1. The molecule has 1 aromatic rings. The van der Waals surface area contributed by atoms with Crippen molar-refractivity contribution < 1.29 is 24.0 Å². The molecule has 1 N–H and O–H groups in total. The van der Waals surface area contributed by atoms with Crippen molar-refractivity contribution in [1.82, 2.24) is 0 Å². The molecule has 0 radical (unpaired) electrons. The first-order chi connectivity index (χ1) is 12.0.